The molecule has 0 saturated carbocycles. The summed E-state index contributed by atoms with van der Waals surface area (Å²) in [7, 11) is 0. The average molecular weight is 282 g/mol. The van der Waals surface area contributed by atoms with Crippen molar-refractivity contribution in [2.45, 2.75) is 10.9 Å². The first-order chi connectivity index (χ1) is 9.88. The number of fused-ring (bicyclic) bond motifs is 2. The lowest BCUT2D eigenvalue weighted by atomic mass is 10.5. The van der Waals surface area contributed by atoms with Crippen molar-refractivity contribution in [1.82, 2.24) is 29.0 Å². The van der Waals surface area contributed by atoms with Gasteiger partial charge in [-0.05, 0) is 18.2 Å². The molecule has 0 aliphatic heterocycles. The third-order valence-electron chi connectivity index (χ3n) is 2.86. The van der Waals surface area contributed by atoms with E-state index in [-0.39, 0.29) is 0 Å². The summed E-state index contributed by atoms with van der Waals surface area (Å²) >= 11 is 1.56. The van der Waals surface area contributed by atoms with Gasteiger partial charge in [-0.2, -0.15) is 4.98 Å². The predicted molar refractivity (Wildman–Crippen MR) is 75.5 cm³/mol. The Morgan fingerprint density at radius 3 is 3.00 bits per heavy atom. The zero-order valence-corrected chi connectivity index (χ0v) is 11.2. The van der Waals surface area contributed by atoms with Crippen molar-refractivity contribution in [3.8, 4) is 0 Å². The predicted octanol–water partition coefficient (Wildman–Crippen LogP) is 2.06. The molecular weight excluding hydrogens is 272 g/mol. The number of nitrogens with zero attached hydrogens (tertiary/aromatic N) is 6. The van der Waals surface area contributed by atoms with Crippen molar-refractivity contribution in [1.29, 1.82) is 0 Å². The summed E-state index contributed by atoms with van der Waals surface area (Å²) < 4.78 is 3.68. The summed E-state index contributed by atoms with van der Waals surface area (Å²) in [6.07, 6.45) is 7.56. The highest BCUT2D eigenvalue weighted by Crippen LogP contribution is 2.19. The van der Waals surface area contributed by atoms with E-state index in [0.29, 0.717) is 10.9 Å². The van der Waals surface area contributed by atoms with Gasteiger partial charge in [0.15, 0.2) is 0 Å². The largest absolute Gasteiger partial charge is 0.307 e. The van der Waals surface area contributed by atoms with E-state index in [4.69, 9.17) is 0 Å². The number of hydrogen-bond acceptors (Lipinski definition) is 5. The average Bonchev–Trinajstić information content (AvgIpc) is 3.07. The van der Waals surface area contributed by atoms with Crippen LogP contribution in [0.2, 0.25) is 0 Å². The van der Waals surface area contributed by atoms with Gasteiger partial charge in [-0.25, -0.2) is 14.5 Å². The summed E-state index contributed by atoms with van der Waals surface area (Å²) in [5.41, 5.74) is 1.96. The molecule has 4 heterocycles. The third-order valence-corrected chi connectivity index (χ3v) is 3.73. The minimum Gasteiger partial charge on any atom is -0.307 e. The molecule has 0 radical (unpaired) electrons. The highest BCUT2D eigenvalue weighted by atomic mass is 32.2. The maximum atomic E-state index is 4.55. The molecule has 0 atom stereocenters. The van der Waals surface area contributed by atoms with Crippen LogP contribution in [0.3, 0.4) is 0 Å². The summed E-state index contributed by atoms with van der Waals surface area (Å²) in [5.74, 6) is 1.35. The molecule has 0 fully saturated rings. The molecule has 20 heavy (non-hydrogen) atoms. The summed E-state index contributed by atoms with van der Waals surface area (Å²) in [6, 6.07) is 7.79. The van der Waals surface area contributed by atoms with Gasteiger partial charge >= 0.3 is 0 Å². The Morgan fingerprint density at radius 2 is 2.10 bits per heavy atom. The molecule has 0 aliphatic rings. The maximum Gasteiger partial charge on any atom is 0.253 e. The van der Waals surface area contributed by atoms with Crippen LogP contribution in [0, 0.1) is 0 Å². The van der Waals surface area contributed by atoms with Crippen LogP contribution in [0.25, 0.3) is 11.4 Å². The summed E-state index contributed by atoms with van der Waals surface area (Å²) in [5, 5.41) is 5.06. The first-order valence-corrected chi connectivity index (χ1v) is 7.10. The first kappa shape index (κ1) is 11.4. The van der Waals surface area contributed by atoms with Crippen molar-refractivity contribution >= 4 is 23.2 Å². The van der Waals surface area contributed by atoms with Gasteiger partial charge in [-0.1, -0.05) is 17.8 Å². The number of hydrogen-bond donors (Lipinski definition) is 0. The van der Waals surface area contributed by atoms with E-state index < -0.39 is 0 Å². The Bertz CT molecular complexity index is 740. The number of thioether (sulfide) groups is 1. The Hall–Kier alpha value is -2.41. The second kappa shape index (κ2) is 4.61. The van der Waals surface area contributed by atoms with Crippen LogP contribution in [0.1, 0.15) is 5.69 Å². The van der Waals surface area contributed by atoms with Crippen LogP contribution in [0.4, 0.5) is 0 Å². The second-order valence-corrected chi connectivity index (χ2v) is 5.19. The quantitative estimate of drug-likeness (QED) is 0.538. The fourth-order valence-electron chi connectivity index (χ4n) is 1.97. The lowest BCUT2D eigenvalue weighted by Crippen LogP contribution is -1.87. The van der Waals surface area contributed by atoms with Gasteiger partial charge < -0.3 is 4.40 Å². The number of pyridine rings is 1. The molecule has 0 amide bonds. The van der Waals surface area contributed by atoms with Crippen LogP contribution in [-0.2, 0) is 5.75 Å². The molecule has 7 heteroatoms. The normalized spacial score (nSPS) is 11.4. The van der Waals surface area contributed by atoms with Crippen molar-refractivity contribution in [2.75, 3.05) is 0 Å². The highest BCUT2D eigenvalue weighted by Gasteiger charge is 2.07. The first-order valence-electron chi connectivity index (χ1n) is 6.11. The molecule has 6 nitrogen and oxygen atoms in total. The molecule has 0 bridgehead atoms. The van der Waals surface area contributed by atoms with E-state index in [1.54, 1.807) is 22.5 Å². The topological polar surface area (TPSA) is 60.4 Å². The van der Waals surface area contributed by atoms with Crippen molar-refractivity contribution < 1.29 is 0 Å². The van der Waals surface area contributed by atoms with Crippen LogP contribution in [0.15, 0.2) is 54.2 Å². The van der Waals surface area contributed by atoms with E-state index in [2.05, 4.69) is 20.1 Å². The highest BCUT2D eigenvalue weighted by molar-refractivity contribution is 7.98. The van der Waals surface area contributed by atoms with Gasteiger partial charge in [-0.15, -0.1) is 5.10 Å². The van der Waals surface area contributed by atoms with Gasteiger partial charge in [0.25, 0.3) is 5.78 Å². The van der Waals surface area contributed by atoms with E-state index in [1.165, 1.54) is 0 Å². The Morgan fingerprint density at radius 1 is 1.10 bits per heavy atom. The number of aromatic nitrogens is 6. The summed E-state index contributed by atoms with van der Waals surface area (Å²) in [6.45, 7) is 0. The van der Waals surface area contributed by atoms with E-state index in [9.17, 15) is 0 Å². The minimum absolute atomic E-state index is 0.616. The molecule has 0 aromatic carbocycles. The van der Waals surface area contributed by atoms with Crippen LogP contribution in [0.5, 0.6) is 0 Å². The summed E-state index contributed by atoms with van der Waals surface area (Å²) in [4.78, 5) is 13.0. The van der Waals surface area contributed by atoms with Gasteiger partial charge in [0.2, 0.25) is 5.16 Å². The lowest BCUT2D eigenvalue weighted by Gasteiger charge is -1.90. The van der Waals surface area contributed by atoms with Crippen molar-refractivity contribution in [3.05, 3.63) is 54.7 Å². The number of rotatable bonds is 3. The van der Waals surface area contributed by atoms with Gasteiger partial charge in [0.1, 0.15) is 5.65 Å². The van der Waals surface area contributed by atoms with E-state index >= 15 is 0 Å². The minimum atomic E-state index is 0.616. The van der Waals surface area contributed by atoms with Crippen LogP contribution in [-0.4, -0.2) is 29.0 Å². The van der Waals surface area contributed by atoms with E-state index in [1.807, 2.05) is 47.3 Å². The van der Waals surface area contributed by atoms with Gasteiger partial charge in [0.05, 0.1) is 5.69 Å². The van der Waals surface area contributed by atoms with Crippen molar-refractivity contribution in [2.24, 2.45) is 0 Å². The molecule has 98 valence electrons. The van der Waals surface area contributed by atoms with Gasteiger partial charge in [0, 0.05) is 30.5 Å². The van der Waals surface area contributed by atoms with Crippen LogP contribution < -0.4 is 0 Å². The lowest BCUT2D eigenvalue weighted by molar-refractivity contribution is 0.879. The maximum absolute atomic E-state index is 4.55. The zero-order chi connectivity index (χ0) is 13.4. The standard InChI is InChI=1S/C13H10N6S/c1-2-6-18-8-10(15-11(18)4-1)9-20-13-16-12-14-5-3-7-19(12)17-13/h1-8H,9H2. The molecule has 0 N–H and O–H groups in total. The SMILES string of the molecule is c1ccn2cc(CSc3nc4ncccn4n3)nc2c1. The molecule has 0 saturated heterocycles. The smallest absolute Gasteiger partial charge is 0.253 e. The van der Waals surface area contributed by atoms with E-state index in [0.717, 1.165) is 17.1 Å². The number of imidazole rings is 1. The van der Waals surface area contributed by atoms with Crippen LogP contribution >= 0.6 is 11.8 Å². The fourth-order valence-corrected chi connectivity index (χ4v) is 2.68. The monoisotopic (exact) mass is 282 g/mol. The van der Waals surface area contributed by atoms with Crippen molar-refractivity contribution in [3.63, 3.8) is 0 Å². The molecule has 0 spiro atoms. The fraction of sp³-hybridized carbons (Fsp3) is 0.0769. The molecular formula is C13H10N6S. The molecule has 4 rings (SSSR count). The second-order valence-electron chi connectivity index (χ2n) is 4.25. The molecule has 4 aromatic rings. The van der Waals surface area contributed by atoms with Gasteiger partial charge in [-0.3, -0.25) is 0 Å². The molecule has 0 unspecified atom stereocenters. The zero-order valence-electron chi connectivity index (χ0n) is 10.4. The Kier molecular flexibility index (Phi) is 2.63. The third kappa shape index (κ3) is 2.01. The molecule has 0 aliphatic carbocycles. The Balaban J connectivity index is 1.57. The molecule has 4 aromatic heterocycles. The Labute approximate surface area is 118 Å².